The molecule has 0 aromatic heterocycles. The Balaban J connectivity index is 1.64. The minimum Gasteiger partial charge on any atom is -0.478 e. The molecular formula is C25H15NO5. The molecular weight excluding hydrogens is 394 g/mol. The Kier molecular flexibility index (Phi) is 4.08. The average Bonchev–Trinajstić information content (AvgIpc) is 2.77. The van der Waals surface area contributed by atoms with Gasteiger partial charge in [0.25, 0.3) is 5.91 Å². The normalized spacial score (nSPS) is 11.2. The molecule has 0 atom stereocenters. The number of aromatic carboxylic acids is 2. The van der Waals surface area contributed by atoms with Crippen molar-refractivity contribution in [3.05, 3.63) is 89.5 Å². The molecule has 0 spiro atoms. The van der Waals surface area contributed by atoms with Crippen LogP contribution < -0.4 is 5.32 Å². The van der Waals surface area contributed by atoms with E-state index in [-0.39, 0.29) is 16.8 Å². The second-order valence-electron chi connectivity index (χ2n) is 7.33. The van der Waals surface area contributed by atoms with Crippen LogP contribution in [-0.2, 0) is 0 Å². The minimum absolute atomic E-state index is 0.105. The van der Waals surface area contributed by atoms with Gasteiger partial charge in [-0.05, 0) is 56.6 Å². The van der Waals surface area contributed by atoms with E-state index in [9.17, 15) is 24.6 Å². The molecule has 0 unspecified atom stereocenters. The topological polar surface area (TPSA) is 104 Å². The minimum atomic E-state index is -1.28. The zero-order chi connectivity index (χ0) is 21.7. The van der Waals surface area contributed by atoms with Gasteiger partial charge >= 0.3 is 11.9 Å². The summed E-state index contributed by atoms with van der Waals surface area (Å²) in [5.41, 5.74) is 0.0903. The van der Waals surface area contributed by atoms with Crippen LogP contribution in [0.2, 0.25) is 0 Å². The average molecular weight is 409 g/mol. The number of carboxylic acid groups (broad SMARTS) is 2. The molecule has 5 aromatic carbocycles. The fourth-order valence-electron chi connectivity index (χ4n) is 4.08. The molecule has 0 radical (unpaired) electrons. The fourth-order valence-corrected chi connectivity index (χ4v) is 4.08. The molecule has 0 bridgehead atoms. The van der Waals surface area contributed by atoms with Gasteiger partial charge in [-0.2, -0.15) is 0 Å². The first kappa shape index (κ1) is 18.6. The van der Waals surface area contributed by atoms with Crippen molar-refractivity contribution in [3.63, 3.8) is 0 Å². The summed E-state index contributed by atoms with van der Waals surface area (Å²) >= 11 is 0. The van der Waals surface area contributed by atoms with Gasteiger partial charge in [-0.15, -0.1) is 0 Å². The molecule has 0 saturated heterocycles. The number of anilines is 1. The lowest BCUT2D eigenvalue weighted by molar-refractivity contribution is 0.0696. The Hall–Kier alpha value is -4.45. The molecule has 6 nitrogen and oxygen atoms in total. The molecule has 1 amide bonds. The van der Waals surface area contributed by atoms with Crippen molar-refractivity contribution in [2.24, 2.45) is 0 Å². The molecule has 3 N–H and O–H groups in total. The maximum absolute atomic E-state index is 13.1. The van der Waals surface area contributed by atoms with Gasteiger partial charge in [-0.1, -0.05) is 48.5 Å². The number of hydrogen-bond acceptors (Lipinski definition) is 3. The number of carbonyl (C=O) groups is 3. The maximum atomic E-state index is 13.1. The highest BCUT2D eigenvalue weighted by Crippen LogP contribution is 2.36. The van der Waals surface area contributed by atoms with E-state index < -0.39 is 17.8 Å². The molecule has 0 fully saturated rings. The first-order chi connectivity index (χ1) is 14.9. The number of hydrogen-bond donors (Lipinski definition) is 3. The Bertz CT molecular complexity index is 1490. The highest BCUT2D eigenvalue weighted by molar-refractivity contribution is 6.27. The molecule has 6 heteroatoms. The van der Waals surface area contributed by atoms with E-state index in [1.165, 1.54) is 12.1 Å². The van der Waals surface area contributed by atoms with Crippen LogP contribution in [0.4, 0.5) is 5.69 Å². The van der Waals surface area contributed by atoms with Crippen molar-refractivity contribution in [2.75, 3.05) is 5.32 Å². The Morgan fingerprint density at radius 2 is 1.19 bits per heavy atom. The lowest BCUT2D eigenvalue weighted by atomic mass is 9.92. The summed E-state index contributed by atoms with van der Waals surface area (Å²) in [6.07, 6.45) is 0. The number of carboxylic acids is 2. The molecule has 0 heterocycles. The van der Waals surface area contributed by atoms with E-state index in [0.29, 0.717) is 5.56 Å². The summed E-state index contributed by atoms with van der Waals surface area (Å²) in [6.45, 7) is 0. The maximum Gasteiger partial charge on any atom is 0.335 e. The number of benzene rings is 5. The summed E-state index contributed by atoms with van der Waals surface area (Å²) in [4.78, 5) is 35.8. The number of amides is 1. The van der Waals surface area contributed by atoms with Crippen molar-refractivity contribution in [3.8, 4) is 0 Å². The standard InChI is InChI=1S/C25H15NO5/c27-23(26-18-11-16(24(28)29)10-17(12-18)25(30)31)20-9-7-15-5-4-13-2-1-3-14-6-8-19(20)22(15)21(13)14/h1-12H,(H,26,27)(H,28,29)(H,30,31). The van der Waals surface area contributed by atoms with Crippen LogP contribution in [0, 0.1) is 0 Å². The van der Waals surface area contributed by atoms with Crippen molar-refractivity contribution < 1.29 is 24.6 Å². The van der Waals surface area contributed by atoms with Crippen molar-refractivity contribution in [1.82, 2.24) is 0 Å². The smallest absolute Gasteiger partial charge is 0.335 e. The van der Waals surface area contributed by atoms with Gasteiger partial charge in [0.15, 0.2) is 0 Å². The van der Waals surface area contributed by atoms with Gasteiger partial charge in [0.1, 0.15) is 0 Å². The zero-order valence-electron chi connectivity index (χ0n) is 16.0. The summed E-state index contributed by atoms with van der Waals surface area (Å²) in [7, 11) is 0. The highest BCUT2D eigenvalue weighted by atomic mass is 16.4. The van der Waals surface area contributed by atoms with Gasteiger partial charge in [0.05, 0.1) is 11.1 Å². The van der Waals surface area contributed by atoms with Crippen LogP contribution >= 0.6 is 0 Å². The van der Waals surface area contributed by atoms with Gasteiger partial charge in [-0.25, -0.2) is 9.59 Å². The molecule has 150 valence electrons. The molecule has 0 aliphatic carbocycles. The Labute approximate surface area is 175 Å². The third-order valence-electron chi connectivity index (χ3n) is 5.46. The quantitative estimate of drug-likeness (QED) is 0.353. The summed E-state index contributed by atoms with van der Waals surface area (Å²) in [5.74, 6) is -3.00. The van der Waals surface area contributed by atoms with Crippen LogP contribution in [-0.4, -0.2) is 28.1 Å². The van der Waals surface area contributed by atoms with Crippen LogP contribution in [0.5, 0.6) is 0 Å². The van der Waals surface area contributed by atoms with Crippen molar-refractivity contribution in [1.29, 1.82) is 0 Å². The number of nitrogens with one attached hydrogen (secondary N) is 1. The van der Waals surface area contributed by atoms with Gasteiger partial charge in [-0.3, -0.25) is 4.79 Å². The van der Waals surface area contributed by atoms with E-state index >= 15 is 0 Å². The van der Waals surface area contributed by atoms with Gasteiger partial charge in [0.2, 0.25) is 0 Å². The van der Waals surface area contributed by atoms with Crippen LogP contribution in [0.1, 0.15) is 31.1 Å². The fraction of sp³-hybridized carbons (Fsp3) is 0. The van der Waals surface area contributed by atoms with Gasteiger partial charge in [0, 0.05) is 11.3 Å². The number of carbonyl (C=O) groups excluding carboxylic acids is 1. The summed E-state index contributed by atoms with van der Waals surface area (Å²) in [5, 5.41) is 27.2. The predicted octanol–water partition coefficient (Wildman–Crippen LogP) is 5.23. The summed E-state index contributed by atoms with van der Waals surface area (Å²) < 4.78 is 0. The second kappa shape index (κ2) is 6.81. The Morgan fingerprint density at radius 3 is 1.81 bits per heavy atom. The summed E-state index contributed by atoms with van der Waals surface area (Å²) in [6, 6.07) is 21.1. The third-order valence-corrected chi connectivity index (χ3v) is 5.46. The first-order valence-electron chi connectivity index (χ1n) is 9.52. The second-order valence-corrected chi connectivity index (χ2v) is 7.33. The largest absolute Gasteiger partial charge is 0.478 e. The van der Waals surface area contributed by atoms with E-state index in [2.05, 4.69) is 11.4 Å². The van der Waals surface area contributed by atoms with Crippen molar-refractivity contribution >= 4 is 55.9 Å². The SMILES string of the molecule is O=C(O)c1cc(NC(=O)c2ccc3ccc4cccc5ccc2c3c45)cc(C(=O)O)c1. The molecule has 31 heavy (non-hydrogen) atoms. The monoisotopic (exact) mass is 409 g/mol. The lowest BCUT2D eigenvalue weighted by Crippen LogP contribution is -2.14. The first-order valence-corrected chi connectivity index (χ1v) is 9.52. The number of rotatable bonds is 4. The van der Waals surface area contributed by atoms with E-state index in [1.54, 1.807) is 6.07 Å². The van der Waals surface area contributed by atoms with Crippen LogP contribution in [0.25, 0.3) is 32.3 Å². The molecule has 5 rings (SSSR count). The molecule has 0 aliphatic heterocycles. The zero-order valence-corrected chi connectivity index (χ0v) is 16.0. The van der Waals surface area contributed by atoms with E-state index in [1.807, 2.05) is 42.5 Å². The van der Waals surface area contributed by atoms with E-state index in [4.69, 9.17) is 0 Å². The molecule has 5 aromatic rings. The van der Waals surface area contributed by atoms with Crippen molar-refractivity contribution in [2.45, 2.75) is 0 Å². The van der Waals surface area contributed by atoms with Crippen LogP contribution in [0.3, 0.4) is 0 Å². The van der Waals surface area contributed by atoms with E-state index in [0.717, 1.165) is 38.4 Å². The predicted molar refractivity (Wildman–Crippen MR) is 118 cm³/mol. The van der Waals surface area contributed by atoms with Crippen LogP contribution in [0.15, 0.2) is 72.8 Å². The molecule has 0 aliphatic rings. The third kappa shape index (κ3) is 3.02. The Morgan fingerprint density at radius 1 is 0.645 bits per heavy atom. The lowest BCUT2D eigenvalue weighted by Gasteiger charge is -2.14. The van der Waals surface area contributed by atoms with Gasteiger partial charge < -0.3 is 15.5 Å². The molecule has 0 saturated carbocycles. The highest BCUT2D eigenvalue weighted by Gasteiger charge is 2.17.